The molecule has 0 aliphatic heterocycles. The molecule has 1 nitrogen and oxygen atoms in total. The summed E-state index contributed by atoms with van der Waals surface area (Å²) in [7, 11) is 0. The number of hydrogen-bond acceptors (Lipinski definition) is 1. The van der Waals surface area contributed by atoms with Crippen LogP contribution in [0.2, 0.25) is 0 Å². The Morgan fingerprint density at radius 2 is 1.76 bits per heavy atom. The van der Waals surface area contributed by atoms with Crippen molar-refractivity contribution in [2.75, 3.05) is 0 Å². The smallest absolute Gasteiger partial charge is 0.162 e. The second kappa shape index (κ2) is 6.58. The summed E-state index contributed by atoms with van der Waals surface area (Å²) in [6.45, 7) is 0. The lowest BCUT2D eigenvalue weighted by Gasteiger charge is -2.07. The molecule has 0 radical (unpaired) electrons. The monoisotopic (exact) mass is 230 g/mol. The molecule has 0 aromatic heterocycles. The largest absolute Gasteiger partial charge is 0.294 e. The van der Waals surface area contributed by atoms with Crippen LogP contribution in [0.5, 0.6) is 0 Å². The molecule has 92 valence electrons. The van der Waals surface area contributed by atoms with E-state index in [0.29, 0.717) is 5.78 Å². The first kappa shape index (κ1) is 12.3. The summed E-state index contributed by atoms with van der Waals surface area (Å²) >= 11 is 0. The molecule has 1 aromatic carbocycles. The van der Waals surface area contributed by atoms with Gasteiger partial charge in [0.2, 0.25) is 0 Å². The molecular weight excluding hydrogens is 208 g/mol. The van der Waals surface area contributed by atoms with Gasteiger partial charge in [0.25, 0.3) is 0 Å². The molecule has 0 spiro atoms. The summed E-state index contributed by atoms with van der Waals surface area (Å²) < 4.78 is 0. The zero-order chi connectivity index (χ0) is 11.9. The normalized spacial score (nSPS) is 16.2. The van der Waals surface area contributed by atoms with E-state index >= 15 is 0 Å². The lowest BCUT2D eigenvalue weighted by Crippen LogP contribution is -1.99. The molecule has 1 aliphatic carbocycles. The molecule has 0 saturated heterocycles. The van der Waals surface area contributed by atoms with E-state index in [9.17, 15) is 4.79 Å². The molecule has 1 fully saturated rings. The Bertz CT molecular complexity index is 336. The molecule has 1 aromatic rings. The Balaban J connectivity index is 1.63. The van der Waals surface area contributed by atoms with Gasteiger partial charge in [-0.2, -0.15) is 0 Å². The van der Waals surface area contributed by atoms with Crippen LogP contribution < -0.4 is 0 Å². The van der Waals surface area contributed by atoms with Gasteiger partial charge < -0.3 is 0 Å². The minimum absolute atomic E-state index is 0.303. The summed E-state index contributed by atoms with van der Waals surface area (Å²) in [5, 5.41) is 0. The van der Waals surface area contributed by atoms with Gasteiger partial charge in [-0.25, -0.2) is 0 Å². The lowest BCUT2D eigenvalue weighted by atomic mass is 9.98. The van der Waals surface area contributed by atoms with Crippen LogP contribution in [0.3, 0.4) is 0 Å². The van der Waals surface area contributed by atoms with Gasteiger partial charge in [-0.1, -0.05) is 68.9 Å². The second-order valence-electron chi connectivity index (χ2n) is 5.19. The van der Waals surface area contributed by atoms with E-state index in [0.717, 1.165) is 24.3 Å². The summed E-state index contributed by atoms with van der Waals surface area (Å²) in [5.74, 6) is 1.26. The number of benzene rings is 1. The van der Waals surface area contributed by atoms with Crippen molar-refractivity contribution in [3.05, 3.63) is 35.9 Å². The van der Waals surface area contributed by atoms with Crippen molar-refractivity contribution >= 4 is 5.78 Å². The number of rotatable bonds is 6. The van der Waals surface area contributed by atoms with Gasteiger partial charge in [-0.3, -0.25) is 4.79 Å². The summed E-state index contributed by atoms with van der Waals surface area (Å²) in [5.41, 5.74) is 0.869. The second-order valence-corrected chi connectivity index (χ2v) is 5.19. The SMILES string of the molecule is O=C(CCCCC1CCCC1)c1ccccc1. The van der Waals surface area contributed by atoms with Crippen LogP contribution in [-0.2, 0) is 0 Å². The number of carbonyl (C=O) groups is 1. The van der Waals surface area contributed by atoms with Crippen molar-refractivity contribution in [2.24, 2.45) is 5.92 Å². The van der Waals surface area contributed by atoms with E-state index in [4.69, 9.17) is 0 Å². The molecule has 2 rings (SSSR count). The molecule has 0 N–H and O–H groups in total. The van der Waals surface area contributed by atoms with Crippen LogP contribution in [0, 0.1) is 5.92 Å². The Labute approximate surface area is 104 Å². The highest BCUT2D eigenvalue weighted by molar-refractivity contribution is 5.95. The average molecular weight is 230 g/mol. The maximum atomic E-state index is 11.8. The predicted octanol–water partition coefficient (Wildman–Crippen LogP) is 4.62. The topological polar surface area (TPSA) is 17.1 Å². The van der Waals surface area contributed by atoms with Crippen LogP contribution in [0.4, 0.5) is 0 Å². The molecule has 0 atom stereocenters. The van der Waals surface area contributed by atoms with Crippen molar-refractivity contribution in [3.63, 3.8) is 0 Å². The predicted molar refractivity (Wildman–Crippen MR) is 71.2 cm³/mol. The number of carbonyl (C=O) groups excluding carboxylic acids is 1. The highest BCUT2D eigenvalue weighted by atomic mass is 16.1. The van der Waals surface area contributed by atoms with Crippen LogP contribution in [0.15, 0.2) is 30.3 Å². The number of unbranched alkanes of at least 4 members (excludes halogenated alkanes) is 1. The van der Waals surface area contributed by atoms with E-state index < -0.39 is 0 Å². The maximum Gasteiger partial charge on any atom is 0.162 e. The molecule has 0 bridgehead atoms. The van der Waals surface area contributed by atoms with Crippen LogP contribution >= 0.6 is 0 Å². The van der Waals surface area contributed by atoms with Crippen molar-refractivity contribution in [2.45, 2.75) is 51.4 Å². The quantitative estimate of drug-likeness (QED) is 0.515. The molecular formula is C16H22O. The van der Waals surface area contributed by atoms with Gasteiger partial charge in [0, 0.05) is 12.0 Å². The first-order chi connectivity index (χ1) is 8.36. The van der Waals surface area contributed by atoms with Gasteiger partial charge >= 0.3 is 0 Å². The molecule has 1 saturated carbocycles. The zero-order valence-corrected chi connectivity index (χ0v) is 10.5. The third-order valence-corrected chi connectivity index (χ3v) is 3.84. The highest BCUT2D eigenvalue weighted by Crippen LogP contribution is 2.29. The number of Topliss-reactive ketones (excluding diaryl/α,β-unsaturated/α-hetero) is 1. The van der Waals surface area contributed by atoms with E-state index in [2.05, 4.69) is 0 Å². The Morgan fingerprint density at radius 1 is 1.06 bits per heavy atom. The summed E-state index contributed by atoms with van der Waals surface area (Å²) in [6.07, 6.45) is 10.0. The van der Waals surface area contributed by atoms with Crippen molar-refractivity contribution < 1.29 is 4.79 Å². The Morgan fingerprint density at radius 3 is 2.47 bits per heavy atom. The van der Waals surface area contributed by atoms with Gasteiger partial charge in [0.15, 0.2) is 5.78 Å². The van der Waals surface area contributed by atoms with Gasteiger partial charge in [0.05, 0.1) is 0 Å². The fourth-order valence-corrected chi connectivity index (χ4v) is 2.79. The first-order valence-corrected chi connectivity index (χ1v) is 6.94. The third-order valence-electron chi connectivity index (χ3n) is 3.84. The lowest BCUT2D eigenvalue weighted by molar-refractivity contribution is 0.0978. The Hall–Kier alpha value is -1.11. The number of ketones is 1. The molecule has 1 heteroatoms. The van der Waals surface area contributed by atoms with E-state index in [1.54, 1.807) is 0 Å². The standard InChI is InChI=1S/C16H22O/c17-16(15-11-2-1-3-12-15)13-7-6-10-14-8-4-5-9-14/h1-3,11-12,14H,4-10,13H2. The number of hydrogen-bond donors (Lipinski definition) is 0. The molecule has 1 aliphatic rings. The van der Waals surface area contributed by atoms with E-state index in [1.807, 2.05) is 30.3 Å². The fourth-order valence-electron chi connectivity index (χ4n) is 2.79. The first-order valence-electron chi connectivity index (χ1n) is 6.94. The van der Waals surface area contributed by atoms with Gasteiger partial charge in [0.1, 0.15) is 0 Å². The van der Waals surface area contributed by atoms with Gasteiger partial charge in [-0.15, -0.1) is 0 Å². The zero-order valence-electron chi connectivity index (χ0n) is 10.5. The maximum absolute atomic E-state index is 11.8. The summed E-state index contributed by atoms with van der Waals surface area (Å²) in [6, 6.07) is 9.66. The minimum atomic E-state index is 0.303. The summed E-state index contributed by atoms with van der Waals surface area (Å²) in [4.78, 5) is 11.8. The van der Waals surface area contributed by atoms with Crippen LogP contribution in [0.1, 0.15) is 61.7 Å². The third kappa shape index (κ3) is 3.99. The van der Waals surface area contributed by atoms with E-state index in [-0.39, 0.29) is 0 Å². The fraction of sp³-hybridized carbons (Fsp3) is 0.562. The minimum Gasteiger partial charge on any atom is -0.294 e. The van der Waals surface area contributed by atoms with Gasteiger partial charge in [-0.05, 0) is 12.3 Å². The molecule has 0 heterocycles. The molecule has 17 heavy (non-hydrogen) atoms. The molecule has 0 amide bonds. The highest BCUT2D eigenvalue weighted by Gasteiger charge is 2.14. The van der Waals surface area contributed by atoms with Crippen LogP contribution in [0.25, 0.3) is 0 Å². The Kier molecular flexibility index (Phi) is 4.78. The molecule has 0 unspecified atom stereocenters. The van der Waals surface area contributed by atoms with Crippen molar-refractivity contribution in [1.29, 1.82) is 0 Å². The van der Waals surface area contributed by atoms with E-state index in [1.165, 1.54) is 38.5 Å². The van der Waals surface area contributed by atoms with Crippen molar-refractivity contribution in [3.8, 4) is 0 Å². The van der Waals surface area contributed by atoms with Crippen molar-refractivity contribution in [1.82, 2.24) is 0 Å². The van der Waals surface area contributed by atoms with Crippen LogP contribution in [-0.4, -0.2) is 5.78 Å². The average Bonchev–Trinajstić information content (AvgIpc) is 2.88.